The lowest BCUT2D eigenvalue weighted by molar-refractivity contribution is 0.622. The number of furan rings is 2. The zero-order valence-electron chi connectivity index (χ0n) is 30.1. The minimum atomic E-state index is -0.212. The SMILES string of the molecule is c1ccc(N2c3cccc4c3B(c3oc5ccc(-n6c7ccccc7c7ccccc76)cc5c3N4c3ccc4ccccc4c3)c3c2oc2ccccc32)cc1. The van der Waals surface area contributed by atoms with Gasteiger partial charge in [-0.1, -0.05) is 109 Å². The van der Waals surface area contributed by atoms with Crippen LogP contribution in [0.1, 0.15) is 0 Å². The molecule has 56 heavy (non-hydrogen) atoms. The van der Waals surface area contributed by atoms with Crippen LogP contribution >= 0.6 is 0 Å². The fraction of sp³-hybridized carbons (Fsp3) is 0. The number of anilines is 6. The third-order valence-electron chi connectivity index (χ3n) is 11.9. The van der Waals surface area contributed by atoms with E-state index in [0.29, 0.717) is 0 Å². The fourth-order valence-electron chi connectivity index (χ4n) is 9.64. The van der Waals surface area contributed by atoms with Gasteiger partial charge in [-0.05, 0) is 89.0 Å². The van der Waals surface area contributed by atoms with Crippen molar-refractivity contribution in [1.29, 1.82) is 0 Å². The van der Waals surface area contributed by atoms with Gasteiger partial charge in [0.2, 0.25) is 5.88 Å². The van der Waals surface area contributed by atoms with Gasteiger partial charge in [0.25, 0.3) is 0 Å². The molecule has 13 rings (SSSR count). The van der Waals surface area contributed by atoms with Crippen molar-refractivity contribution in [3.63, 3.8) is 0 Å². The molecule has 2 aliphatic heterocycles. The third-order valence-corrected chi connectivity index (χ3v) is 11.9. The molecule has 0 saturated carbocycles. The maximum atomic E-state index is 7.23. The normalized spacial score (nSPS) is 13.2. The van der Waals surface area contributed by atoms with Crippen molar-refractivity contribution in [1.82, 2.24) is 4.57 Å². The zero-order chi connectivity index (χ0) is 36.5. The van der Waals surface area contributed by atoms with Crippen molar-refractivity contribution in [2.75, 3.05) is 9.80 Å². The molecule has 8 aromatic carbocycles. The molecule has 2 aliphatic rings. The number of para-hydroxylation sites is 4. The summed E-state index contributed by atoms with van der Waals surface area (Å²) in [6.07, 6.45) is 0. The van der Waals surface area contributed by atoms with E-state index in [1.807, 2.05) is 6.07 Å². The molecule has 0 unspecified atom stereocenters. The summed E-state index contributed by atoms with van der Waals surface area (Å²) in [6, 6.07) is 65.1. The van der Waals surface area contributed by atoms with Crippen LogP contribution in [0.5, 0.6) is 0 Å². The molecular formula is C50H30BN3O2. The molecule has 11 aromatic rings. The number of rotatable bonds is 3. The minimum absolute atomic E-state index is 0.212. The highest BCUT2D eigenvalue weighted by molar-refractivity contribution is 7.01. The summed E-state index contributed by atoms with van der Waals surface area (Å²) in [5.74, 6) is 0.823. The number of benzene rings is 8. The van der Waals surface area contributed by atoms with Gasteiger partial charge >= 0.3 is 6.71 Å². The Kier molecular flexibility index (Phi) is 5.92. The van der Waals surface area contributed by atoms with Crippen LogP contribution in [0.4, 0.5) is 34.3 Å². The van der Waals surface area contributed by atoms with Crippen molar-refractivity contribution in [2.45, 2.75) is 0 Å². The van der Waals surface area contributed by atoms with Gasteiger partial charge in [-0.2, -0.15) is 0 Å². The molecule has 0 fully saturated rings. The number of nitrogens with zero attached hydrogens (tertiary/aromatic N) is 3. The molecule has 0 radical (unpaired) electrons. The zero-order valence-corrected chi connectivity index (χ0v) is 30.1. The Bertz CT molecular complexity index is 3360. The molecule has 0 N–H and O–H groups in total. The van der Waals surface area contributed by atoms with Crippen LogP contribution in [0.15, 0.2) is 191 Å². The Balaban J connectivity index is 1.15. The first-order chi connectivity index (χ1) is 27.8. The predicted molar refractivity (Wildman–Crippen MR) is 232 cm³/mol. The van der Waals surface area contributed by atoms with Crippen molar-refractivity contribution in [3.8, 4) is 5.69 Å². The molecule has 0 bridgehead atoms. The lowest BCUT2D eigenvalue weighted by atomic mass is 9.35. The van der Waals surface area contributed by atoms with E-state index >= 15 is 0 Å². The summed E-state index contributed by atoms with van der Waals surface area (Å²) in [5, 5.41) is 7.01. The first-order valence-corrected chi connectivity index (χ1v) is 19.1. The largest absolute Gasteiger partial charge is 0.468 e. The molecule has 0 aliphatic carbocycles. The van der Waals surface area contributed by atoms with E-state index in [4.69, 9.17) is 8.83 Å². The standard InChI is InChI=1S/C50H30BN3O2/c1-2-15-33(16-3-1)54-43-23-12-22-42-47(43)51(46-38-19-8-11-24-44(38)56-50(46)54)49-48(53(42)34-26-25-31-13-4-5-14-32(31)29-34)39-30-35(27-28-45(39)55-49)52-40-20-9-6-17-36(40)37-18-7-10-21-41(37)52/h1-30H. The molecule has 260 valence electrons. The van der Waals surface area contributed by atoms with Gasteiger partial charge in [0.1, 0.15) is 11.2 Å². The van der Waals surface area contributed by atoms with E-state index in [1.54, 1.807) is 0 Å². The van der Waals surface area contributed by atoms with Gasteiger partial charge in [-0.25, -0.2) is 0 Å². The second-order valence-electron chi connectivity index (χ2n) is 14.9. The number of hydrogen-bond acceptors (Lipinski definition) is 4. The van der Waals surface area contributed by atoms with E-state index in [1.165, 1.54) is 38.0 Å². The highest BCUT2D eigenvalue weighted by atomic mass is 16.4. The van der Waals surface area contributed by atoms with Crippen molar-refractivity contribution in [2.24, 2.45) is 0 Å². The third kappa shape index (κ3) is 3.94. The molecule has 0 atom stereocenters. The van der Waals surface area contributed by atoms with Gasteiger partial charge in [0, 0.05) is 55.4 Å². The Labute approximate surface area is 321 Å². The maximum absolute atomic E-state index is 7.23. The van der Waals surface area contributed by atoms with E-state index < -0.39 is 0 Å². The summed E-state index contributed by atoms with van der Waals surface area (Å²) in [4.78, 5) is 4.73. The molecule has 0 amide bonds. The second-order valence-corrected chi connectivity index (χ2v) is 14.9. The summed E-state index contributed by atoms with van der Waals surface area (Å²) in [7, 11) is 0. The lowest BCUT2D eigenvalue weighted by Crippen LogP contribution is -2.60. The number of aromatic nitrogens is 1. The molecule has 5 nitrogen and oxygen atoms in total. The summed E-state index contributed by atoms with van der Waals surface area (Å²) in [5.41, 5.74) is 13.7. The van der Waals surface area contributed by atoms with Gasteiger partial charge in [-0.15, -0.1) is 0 Å². The first-order valence-electron chi connectivity index (χ1n) is 19.1. The van der Waals surface area contributed by atoms with Gasteiger partial charge in [0.05, 0.1) is 22.4 Å². The van der Waals surface area contributed by atoms with Gasteiger partial charge < -0.3 is 18.3 Å². The van der Waals surface area contributed by atoms with Crippen LogP contribution < -0.4 is 26.4 Å². The fourth-order valence-corrected chi connectivity index (χ4v) is 9.64. The van der Waals surface area contributed by atoms with Crippen LogP contribution in [-0.4, -0.2) is 11.3 Å². The van der Waals surface area contributed by atoms with Gasteiger partial charge in [-0.3, -0.25) is 4.90 Å². The Morgan fingerprint density at radius 3 is 1.84 bits per heavy atom. The monoisotopic (exact) mass is 715 g/mol. The van der Waals surface area contributed by atoms with Crippen LogP contribution in [0.3, 0.4) is 0 Å². The van der Waals surface area contributed by atoms with E-state index in [2.05, 4.69) is 190 Å². The molecule has 3 aromatic heterocycles. The Morgan fingerprint density at radius 2 is 1.04 bits per heavy atom. The lowest BCUT2D eigenvalue weighted by Gasteiger charge is -2.40. The van der Waals surface area contributed by atoms with Crippen LogP contribution in [0.25, 0.3) is 60.2 Å². The van der Waals surface area contributed by atoms with Crippen molar-refractivity contribution >= 4 is 112 Å². The second kappa shape index (κ2) is 11.1. The Hall–Kier alpha value is -7.44. The molecule has 5 heterocycles. The number of hydrogen-bond donors (Lipinski definition) is 0. The highest BCUT2D eigenvalue weighted by Gasteiger charge is 2.49. The van der Waals surface area contributed by atoms with E-state index in [-0.39, 0.29) is 6.71 Å². The average Bonchev–Trinajstić information content (AvgIpc) is 3.93. The smallest absolute Gasteiger partial charge is 0.302 e. The first kappa shape index (κ1) is 30.0. The molecule has 6 heteroatoms. The maximum Gasteiger partial charge on any atom is 0.302 e. The van der Waals surface area contributed by atoms with Crippen molar-refractivity contribution in [3.05, 3.63) is 182 Å². The molecular weight excluding hydrogens is 685 g/mol. The summed E-state index contributed by atoms with van der Waals surface area (Å²) >= 11 is 0. The van der Waals surface area contributed by atoms with Gasteiger partial charge in [0.15, 0.2) is 0 Å². The average molecular weight is 716 g/mol. The summed E-state index contributed by atoms with van der Waals surface area (Å²) in [6.45, 7) is -0.212. The van der Waals surface area contributed by atoms with E-state index in [9.17, 15) is 0 Å². The molecule has 0 spiro atoms. The van der Waals surface area contributed by atoms with Crippen LogP contribution in [-0.2, 0) is 0 Å². The minimum Gasteiger partial charge on any atom is -0.468 e. The molecule has 0 saturated heterocycles. The Morgan fingerprint density at radius 1 is 0.393 bits per heavy atom. The summed E-state index contributed by atoms with van der Waals surface area (Å²) < 4.78 is 16.5. The van der Waals surface area contributed by atoms with Crippen molar-refractivity contribution < 1.29 is 8.83 Å². The number of fused-ring (bicyclic) bond motifs is 12. The topological polar surface area (TPSA) is 37.7 Å². The van der Waals surface area contributed by atoms with E-state index in [0.717, 1.165) is 73.1 Å². The quantitative estimate of drug-likeness (QED) is 0.171. The van der Waals surface area contributed by atoms with Crippen LogP contribution in [0, 0.1) is 0 Å². The predicted octanol–water partition coefficient (Wildman–Crippen LogP) is 11.5. The van der Waals surface area contributed by atoms with Crippen LogP contribution in [0.2, 0.25) is 0 Å². The highest BCUT2D eigenvalue weighted by Crippen LogP contribution is 2.48.